The number of hydrogen-bond donors (Lipinski definition) is 1. The second-order valence-corrected chi connectivity index (χ2v) is 8.82. The maximum absolute atomic E-state index is 13.1. The van der Waals surface area contributed by atoms with E-state index in [1.54, 1.807) is 53.6 Å². The third-order valence-electron chi connectivity index (χ3n) is 4.87. The predicted octanol–water partition coefficient (Wildman–Crippen LogP) is 4.03. The number of nitrogens with zero attached hydrogens (tertiary/aromatic N) is 6. The summed E-state index contributed by atoms with van der Waals surface area (Å²) in [5.74, 6) is 1.14. The fraction of sp³-hybridized carbons (Fsp3) is 0.0435. The number of aryl methyl sites for hydroxylation is 1. The molecule has 0 amide bonds. The Balaban J connectivity index is 1.69. The molecule has 0 aliphatic heterocycles. The largest absolute Gasteiger partial charge is 0.313 e. The summed E-state index contributed by atoms with van der Waals surface area (Å²) in [6.45, 7) is 1.91. The summed E-state index contributed by atoms with van der Waals surface area (Å²) in [5.41, 5.74) is 2.22. The number of fused-ring (bicyclic) bond motifs is 1. The Bertz CT molecular complexity index is 1540. The first-order valence-electron chi connectivity index (χ1n) is 9.84. The lowest BCUT2D eigenvalue weighted by Gasteiger charge is -2.05. The minimum absolute atomic E-state index is 0.0699. The molecule has 0 saturated carbocycles. The Morgan fingerprint density at radius 1 is 0.969 bits per heavy atom. The SMILES string of the molecule is Cc1ccc(S(=O)(O)=Nc2nc3ccccc3nc2-[n+]2ccn(-c3ccccn3)c2)cc1. The van der Waals surface area contributed by atoms with Gasteiger partial charge in [0, 0.05) is 6.20 Å². The van der Waals surface area contributed by atoms with Gasteiger partial charge in [-0.15, -0.1) is 4.36 Å². The van der Waals surface area contributed by atoms with Crippen LogP contribution in [0.25, 0.3) is 22.7 Å². The summed E-state index contributed by atoms with van der Waals surface area (Å²) >= 11 is 0. The molecule has 3 heterocycles. The Morgan fingerprint density at radius 3 is 2.41 bits per heavy atom. The highest BCUT2D eigenvalue weighted by Gasteiger charge is 2.21. The Hall–Kier alpha value is -3.95. The summed E-state index contributed by atoms with van der Waals surface area (Å²) < 4.78 is 31.5. The fourth-order valence-corrected chi connectivity index (χ4v) is 4.18. The van der Waals surface area contributed by atoms with Gasteiger partial charge in [-0.1, -0.05) is 40.9 Å². The van der Waals surface area contributed by atoms with Gasteiger partial charge in [0.05, 0.1) is 4.90 Å². The van der Waals surface area contributed by atoms with Crippen molar-refractivity contribution in [2.24, 2.45) is 4.36 Å². The van der Waals surface area contributed by atoms with Gasteiger partial charge in [0.1, 0.15) is 17.9 Å². The van der Waals surface area contributed by atoms with Gasteiger partial charge in [0.25, 0.3) is 0 Å². The van der Waals surface area contributed by atoms with Crippen LogP contribution in [-0.2, 0) is 10.0 Å². The second kappa shape index (κ2) is 7.95. The molecule has 0 fully saturated rings. The summed E-state index contributed by atoms with van der Waals surface area (Å²) in [4.78, 5) is 13.8. The van der Waals surface area contributed by atoms with Crippen LogP contribution in [0.5, 0.6) is 0 Å². The van der Waals surface area contributed by atoms with Crippen LogP contribution in [0.3, 0.4) is 0 Å². The van der Waals surface area contributed by atoms with E-state index in [4.69, 9.17) is 0 Å². The van der Waals surface area contributed by atoms with Crippen LogP contribution in [-0.4, -0.2) is 28.3 Å². The minimum Gasteiger partial charge on any atom is -0.296 e. The van der Waals surface area contributed by atoms with Gasteiger partial charge in [-0.05, 0) is 43.3 Å². The van der Waals surface area contributed by atoms with Crippen LogP contribution in [0, 0.1) is 6.92 Å². The topological polar surface area (TPSA) is 97.1 Å². The zero-order valence-corrected chi connectivity index (χ0v) is 17.9. The fourth-order valence-electron chi connectivity index (χ4n) is 3.22. The molecule has 1 N–H and O–H groups in total. The van der Waals surface area contributed by atoms with E-state index in [1.165, 1.54) is 0 Å². The van der Waals surface area contributed by atoms with Crippen LogP contribution < -0.4 is 4.57 Å². The van der Waals surface area contributed by atoms with Crippen molar-refractivity contribution in [2.75, 3.05) is 0 Å². The molecule has 0 aliphatic rings. The molecule has 0 spiro atoms. The molecule has 9 heteroatoms. The number of imidazole rings is 1. The van der Waals surface area contributed by atoms with Crippen LogP contribution >= 0.6 is 0 Å². The van der Waals surface area contributed by atoms with E-state index in [1.807, 2.05) is 54.1 Å². The van der Waals surface area contributed by atoms with Crippen LogP contribution in [0.4, 0.5) is 5.82 Å². The highest BCUT2D eigenvalue weighted by atomic mass is 32.2. The van der Waals surface area contributed by atoms with Crippen LogP contribution in [0.2, 0.25) is 0 Å². The average molecular weight is 444 g/mol. The number of hydrogen-bond acceptors (Lipinski definition) is 5. The van der Waals surface area contributed by atoms with Crippen molar-refractivity contribution in [2.45, 2.75) is 11.8 Å². The predicted molar refractivity (Wildman–Crippen MR) is 120 cm³/mol. The molecule has 8 nitrogen and oxygen atoms in total. The summed E-state index contributed by atoms with van der Waals surface area (Å²) in [6.07, 6.45) is 7.07. The summed E-state index contributed by atoms with van der Waals surface area (Å²) in [6, 6.07) is 19.7. The van der Waals surface area contributed by atoms with Crippen LogP contribution in [0.1, 0.15) is 5.56 Å². The molecule has 0 saturated heterocycles. The first-order chi connectivity index (χ1) is 15.5. The smallest absolute Gasteiger partial charge is 0.296 e. The molecule has 32 heavy (non-hydrogen) atoms. The Labute approximate surface area is 184 Å². The van der Waals surface area contributed by atoms with Crippen molar-refractivity contribution in [1.82, 2.24) is 19.5 Å². The number of para-hydroxylation sites is 2. The van der Waals surface area contributed by atoms with Gasteiger partial charge in [0.15, 0.2) is 21.3 Å². The average Bonchev–Trinajstić information content (AvgIpc) is 3.29. The number of aromatic nitrogens is 5. The first-order valence-corrected chi connectivity index (χ1v) is 11.3. The third-order valence-corrected chi connectivity index (χ3v) is 6.17. The van der Waals surface area contributed by atoms with Crippen molar-refractivity contribution in [1.29, 1.82) is 0 Å². The molecule has 2 aromatic carbocycles. The maximum atomic E-state index is 13.1. The zero-order chi connectivity index (χ0) is 22.1. The lowest BCUT2D eigenvalue weighted by Crippen LogP contribution is -2.29. The van der Waals surface area contributed by atoms with Gasteiger partial charge >= 0.3 is 5.82 Å². The molecule has 3 aromatic heterocycles. The van der Waals surface area contributed by atoms with Crippen molar-refractivity contribution >= 4 is 26.9 Å². The zero-order valence-electron chi connectivity index (χ0n) is 17.1. The monoisotopic (exact) mass is 443 g/mol. The first kappa shape index (κ1) is 20.0. The molecule has 0 bridgehead atoms. The van der Waals surface area contributed by atoms with Gasteiger partial charge < -0.3 is 0 Å². The van der Waals surface area contributed by atoms with Crippen molar-refractivity contribution in [3.63, 3.8) is 0 Å². The van der Waals surface area contributed by atoms with Crippen molar-refractivity contribution in [3.05, 3.63) is 97.2 Å². The van der Waals surface area contributed by atoms with Gasteiger partial charge in [-0.25, -0.2) is 23.3 Å². The Kier molecular flexibility index (Phi) is 4.96. The molecular weight excluding hydrogens is 424 g/mol. The molecule has 5 rings (SSSR count). The summed E-state index contributed by atoms with van der Waals surface area (Å²) in [7, 11) is -3.73. The number of pyridine rings is 1. The van der Waals surface area contributed by atoms with Crippen molar-refractivity contribution < 1.29 is 13.3 Å². The van der Waals surface area contributed by atoms with E-state index in [0.717, 1.165) is 11.4 Å². The normalized spacial score (nSPS) is 13.1. The van der Waals surface area contributed by atoms with E-state index >= 15 is 0 Å². The highest BCUT2D eigenvalue weighted by Crippen LogP contribution is 2.24. The summed E-state index contributed by atoms with van der Waals surface area (Å²) in [5, 5.41) is 0. The maximum Gasteiger partial charge on any atom is 0.313 e. The van der Waals surface area contributed by atoms with Gasteiger partial charge in [-0.3, -0.25) is 4.55 Å². The van der Waals surface area contributed by atoms with Gasteiger partial charge in [0.2, 0.25) is 12.1 Å². The molecule has 158 valence electrons. The van der Waals surface area contributed by atoms with E-state index in [9.17, 15) is 8.76 Å². The number of benzene rings is 2. The quantitative estimate of drug-likeness (QED) is 0.423. The van der Waals surface area contributed by atoms with E-state index < -0.39 is 10.0 Å². The molecule has 1 unspecified atom stereocenters. The molecule has 5 aromatic rings. The number of rotatable bonds is 4. The lowest BCUT2D eigenvalue weighted by molar-refractivity contribution is -0.597. The van der Waals surface area contributed by atoms with E-state index in [2.05, 4.69) is 19.3 Å². The van der Waals surface area contributed by atoms with E-state index in [0.29, 0.717) is 16.9 Å². The van der Waals surface area contributed by atoms with E-state index in [-0.39, 0.29) is 10.7 Å². The molecule has 1 atom stereocenters. The third kappa shape index (κ3) is 3.86. The van der Waals surface area contributed by atoms with Crippen molar-refractivity contribution in [3.8, 4) is 11.6 Å². The molecule has 0 radical (unpaired) electrons. The van der Waals surface area contributed by atoms with Gasteiger partial charge in [-0.2, -0.15) is 0 Å². The Morgan fingerprint density at radius 2 is 1.69 bits per heavy atom. The highest BCUT2D eigenvalue weighted by molar-refractivity contribution is 7.88. The lowest BCUT2D eigenvalue weighted by atomic mass is 10.2. The molecular formula is C23H19N6O2S+. The molecule has 0 aliphatic carbocycles. The van der Waals surface area contributed by atoms with Crippen LogP contribution in [0.15, 0.2) is 101 Å². The second-order valence-electron chi connectivity index (χ2n) is 7.18. The minimum atomic E-state index is -3.73. The standard InChI is InChI=1S/C23H18N6O2S/c1-17-9-11-18(12-10-17)32(30,31)27-22-23(26-20-7-3-2-6-19(20)25-22)29-15-14-28(16-29)21-8-4-5-13-24-21/h2-16H,1H3/p+1.